The van der Waals surface area contributed by atoms with Gasteiger partial charge in [0.05, 0.1) is 0 Å². The predicted molar refractivity (Wildman–Crippen MR) is 82.3 cm³/mol. The molecule has 2 aromatic rings. The van der Waals surface area contributed by atoms with Crippen LogP contribution in [0.3, 0.4) is 0 Å². The lowest BCUT2D eigenvalue weighted by molar-refractivity contribution is 0.609. The van der Waals surface area contributed by atoms with Crippen molar-refractivity contribution in [2.45, 2.75) is 25.2 Å². The Balaban J connectivity index is 0.000000186. The fraction of sp³-hybridized carbons (Fsp3) is 0.333. The summed E-state index contributed by atoms with van der Waals surface area (Å²) in [5.41, 5.74) is 1.52. The van der Waals surface area contributed by atoms with E-state index in [0.717, 1.165) is 5.92 Å². The molecule has 19 heavy (non-hydrogen) atoms. The van der Waals surface area contributed by atoms with Gasteiger partial charge in [-0.3, -0.25) is 0 Å². The van der Waals surface area contributed by atoms with Crippen LogP contribution in [0.5, 0.6) is 0 Å². The molecule has 3 rings (SSSR count). The van der Waals surface area contributed by atoms with Crippen molar-refractivity contribution >= 4 is 0 Å². The zero-order valence-corrected chi connectivity index (χ0v) is 11.5. The summed E-state index contributed by atoms with van der Waals surface area (Å²) in [5, 5.41) is 3.45. The van der Waals surface area contributed by atoms with E-state index in [-0.39, 0.29) is 0 Å². The molecule has 1 saturated heterocycles. The minimum Gasteiger partial charge on any atom is -0.317 e. The topological polar surface area (TPSA) is 12.0 Å². The quantitative estimate of drug-likeness (QED) is 0.802. The van der Waals surface area contributed by atoms with Gasteiger partial charge in [0.15, 0.2) is 0 Å². The molecule has 0 amide bonds. The smallest absolute Gasteiger partial charge is 0.00431 e. The molecule has 1 heteroatoms. The Hall–Kier alpha value is -1.60. The van der Waals surface area contributed by atoms with Crippen LogP contribution in [-0.2, 0) is 0 Å². The maximum absolute atomic E-state index is 3.45. The van der Waals surface area contributed by atoms with Gasteiger partial charge in [-0.25, -0.2) is 0 Å². The molecule has 100 valence electrons. The van der Waals surface area contributed by atoms with Crippen molar-refractivity contribution in [3.63, 3.8) is 0 Å². The standard InChI is InChI=1S/C12H17N.C6H6/c1-2-5-11(6-3-1)12-7-4-9-13-10-8-12;1-2-4-6-5-3-1/h1-3,5-6,12-13H,4,7-10H2;1-6H. The summed E-state index contributed by atoms with van der Waals surface area (Å²) in [5.74, 6) is 0.788. The highest BCUT2D eigenvalue weighted by Gasteiger charge is 2.12. The Morgan fingerprint density at radius 1 is 0.684 bits per heavy atom. The van der Waals surface area contributed by atoms with Crippen molar-refractivity contribution in [1.82, 2.24) is 5.32 Å². The summed E-state index contributed by atoms with van der Waals surface area (Å²) >= 11 is 0. The summed E-state index contributed by atoms with van der Waals surface area (Å²) in [6.45, 7) is 2.38. The predicted octanol–water partition coefficient (Wildman–Crippen LogP) is 4.23. The van der Waals surface area contributed by atoms with E-state index in [1.807, 2.05) is 36.4 Å². The number of hydrogen-bond donors (Lipinski definition) is 1. The molecule has 1 fully saturated rings. The third-order valence-corrected chi connectivity index (χ3v) is 3.51. The second-order valence-electron chi connectivity index (χ2n) is 4.94. The fourth-order valence-electron chi connectivity index (χ4n) is 2.46. The lowest BCUT2D eigenvalue weighted by Crippen LogP contribution is -2.13. The third-order valence-electron chi connectivity index (χ3n) is 3.51. The zero-order valence-electron chi connectivity index (χ0n) is 11.5. The number of benzene rings is 2. The second-order valence-corrected chi connectivity index (χ2v) is 4.94. The minimum atomic E-state index is 0.788. The molecule has 1 aliphatic heterocycles. The van der Waals surface area contributed by atoms with E-state index in [9.17, 15) is 0 Å². The van der Waals surface area contributed by atoms with Crippen LogP contribution in [0.1, 0.15) is 30.7 Å². The first-order valence-electron chi connectivity index (χ1n) is 7.22. The van der Waals surface area contributed by atoms with Gasteiger partial charge in [0.25, 0.3) is 0 Å². The lowest BCUT2D eigenvalue weighted by atomic mass is 9.92. The van der Waals surface area contributed by atoms with E-state index < -0.39 is 0 Å². The molecule has 1 unspecified atom stereocenters. The number of nitrogens with one attached hydrogen (secondary N) is 1. The van der Waals surface area contributed by atoms with Crippen molar-refractivity contribution in [1.29, 1.82) is 0 Å². The zero-order chi connectivity index (χ0) is 13.2. The molecule has 1 N–H and O–H groups in total. The maximum Gasteiger partial charge on any atom is -0.00431 e. The molecule has 0 radical (unpaired) electrons. The van der Waals surface area contributed by atoms with E-state index in [1.165, 1.54) is 37.9 Å². The van der Waals surface area contributed by atoms with Gasteiger partial charge in [-0.05, 0) is 43.8 Å². The van der Waals surface area contributed by atoms with Crippen molar-refractivity contribution in [3.8, 4) is 0 Å². The summed E-state index contributed by atoms with van der Waals surface area (Å²) in [6, 6.07) is 22.9. The van der Waals surface area contributed by atoms with E-state index in [1.54, 1.807) is 0 Å². The van der Waals surface area contributed by atoms with Gasteiger partial charge in [-0.1, -0.05) is 66.7 Å². The Kier molecular flexibility index (Phi) is 6.18. The first-order valence-corrected chi connectivity index (χ1v) is 7.22. The van der Waals surface area contributed by atoms with Gasteiger partial charge in [-0.2, -0.15) is 0 Å². The Labute approximate surface area is 116 Å². The molecule has 0 aliphatic carbocycles. The average molecular weight is 253 g/mol. The first kappa shape index (κ1) is 13.8. The molecular weight excluding hydrogens is 230 g/mol. The second kappa shape index (κ2) is 8.49. The molecule has 1 heterocycles. The normalized spacial score (nSPS) is 18.8. The van der Waals surface area contributed by atoms with Crippen LogP contribution in [0.25, 0.3) is 0 Å². The highest BCUT2D eigenvalue weighted by molar-refractivity contribution is 5.19. The van der Waals surface area contributed by atoms with Crippen molar-refractivity contribution < 1.29 is 0 Å². The van der Waals surface area contributed by atoms with Crippen LogP contribution in [0, 0.1) is 0 Å². The summed E-state index contributed by atoms with van der Waals surface area (Å²) in [6.07, 6.45) is 3.96. The summed E-state index contributed by atoms with van der Waals surface area (Å²) < 4.78 is 0. The monoisotopic (exact) mass is 253 g/mol. The molecule has 1 atom stereocenters. The molecule has 0 aromatic heterocycles. The highest BCUT2D eigenvalue weighted by Crippen LogP contribution is 2.25. The largest absolute Gasteiger partial charge is 0.317 e. The van der Waals surface area contributed by atoms with E-state index in [0.29, 0.717) is 0 Å². The van der Waals surface area contributed by atoms with Gasteiger partial charge >= 0.3 is 0 Å². The van der Waals surface area contributed by atoms with Crippen LogP contribution in [0.4, 0.5) is 0 Å². The first-order chi connectivity index (χ1) is 9.47. The van der Waals surface area contributed by atoms with E-state index >= 15 is 0 Å². The van der Waals surface area contributed by atoms with Crippen LogP contribution < -0.4 is 5.32 Å². The summed E-state index contributed by atoms with van der Waals surface area (Å²) in [7, 11) is 0. The molecule has 2 aromatic carbocycles. The van der Waals surface area contributed by atoms with Gasteiger partial charge < -0.3 is 5.32 Å². The highest BCUT2D eigenvalue weighted by atomic mass is 14.8. The summed E-state index contributed by atoms with van der Waals surface area (Å²) in [4.78, 5) is 0. The molecule has 0 saturated carbocycles. The number of rotatable bonds is 1. The van der Waals surface area contributed by atoms with Crippen LogP contribution in [-0.4, -0.2) is 13.1 Å². The Morgan fingerprint density at radius 3 is 1.89 bits per heavy atom. The van der Waals surface area contributed by atoms with Gasteiger partial charge in [0, 0.05) is 0 Å². The number of hydrogen-bond acceptors (Lipinski definition) is 1. The van der Waals surface area contributed by atoms with Gasteiger partial charge in [0.1, 0.15) is 0 Å². The van der Waals surface area contributed by atoms with E-state index in [4.69, 9.17) is 0 Å². The van der Waals surface area contributed by atoms with Crippen molar-refractivity contribution in [2.24, 2.45) is 0 Å². The van der Waals surface area contributed by atoms with Gasteiger partial charge in [0.2, 0.25) is 0 Å². The van der Waals surface area contributed by atoms with Crippen LogP contribution in [0.15, 0.2) is 66.7 Å². The molecule has 0 bridgehead atoms. The Bertz CT molecular complexity index is 389. The van der Waals surface area contributed by atoms with E-state index in [2.05, 4.69) is 35.6 Å². The van der Waals surface area contributed by atoms with Crippen LogP contribution >= 0.6 is 0 Å². The van der Waals surface area contributed by atoms with Crippen LogP contribution in [0.2, 0.25) is 0 Å². The molecule has 0 spiro atoms. The Morgan fingerprint density at radius 2 is 1.26 bits per heavy atom. The fourth-order valence-corrected chi connectivity index (χ4v) is 2.46. The molecule has 1 aliphatic rings. The molecule has 1 nitrogen and oxygen atoms in total. The van der Waals surface area contributed by atoms with Crippen molar-refractivity contribution in [3.05, 3.63) is 72.3 Å². The van der Waals surface area contributed by atoms with Gasteiger partial charge in [-0.15, -0.1) is 0 Å². The maximum atomic E-state index is 3.45. The lowest BCUT2D eigenvalue weighted by Gasteiger charge is -2.13. The third kappa shape index (κ3) is 5.27. The molecular formula is C18H23N. The minimum absolute atomic E-state index is 0.788. The average Bonchev–Trinajstić information content (AvgIpc) is 2.80. The SMILES string of the molecule is c1ccc(C2CCCNCC2)cc1.c1ccccc1. The van der Waals surface area contributed by atoms with Crippen molar-refractivity contribution in [2.75, 3.05) is 13.1 Å².